The Bertz CT molecular complexity index is 309. The lowest BCUT2D eigenvalue weighted by Gasteiger charge is -1.98. The minimum atomic E-state index is -0.0227. The molecule has 3 N–H and O–H groups in total. The summed E-state index contributed by atoms with van der Waals surface area (Å²) in [7, 11) is 0. The van der Waals surface area contributed by atoms with E-state index < -0.39 is 0 Å². The summed E-state index contributed by atoms with van der Waals surface area (Å²) in [6.45, 7) is 3.55. The summed E-state index contributed by atoms with van der Waals surface area (Å²) in [6.07, 6.45) is 3.49. The van der Waals surface area contributed by atoms with Gasteiger partial charge in [-0.05, 0) is 13.0 Å². The Kier molecular flexibility index (Phi) is 4.76. The number of nitrogens with zero attached hydrogens (tertiary/aromatic N) is 3. The molecule has 15 heavy (non-hydrogen) atoms. The van der Waals surface area contributed by atoms with Crippen LogP contribution in [0.5, 0.6) is 0 Å². The molecule has 0 atom stereocenters. The fourth-order valence-corrected chi connectivity index (χ4v) is 1.18. The molecule has 0 aromatic carbocycles. The van der Waals surface area contributed by atoms with Gasteiger partial charge in [0.05, 0.1) is 5.69 Å². The molecule has 0 spiro atoms. The van der Waals surface area contributed by atoms with Crippen molar-refractivity contribution in [1.29, 1.82) is 0 Å². The van der Waals surface area contributed by atoms with E-state index in [2.05, 4.69) is 15.6 Å². The van der Waals surface area contributed by atoms with Crippen molar-refractivity contribution < 1.29 is 4.79 Å². The molecule has 1 aromatic rings. The molecule has 0 aliphatic carbocycles. The van der Waals surface area contributed by atoms with Gasteiger partial charge >= 0.3 is 0 Å². The molecule has 0 bridgehead atoms. The Labute approximate surface area is 88.8 Å². The summed E-state index contributed by atoms with van der Waals surface area (Å²) < 4.78 is 1.77. The van der Waals surface area contributed by atoms with Crippen molar-refractivity contribution in [3.8, 4) is 0 Å². The van der Waals surface area contributed by atoms with Gasteiger partial charge in [-0.2, -0.15) is 0 Å². The van der Waals surface area contributed by atoms with E-state index in [1.165, 1.54) is 6.92 Å². The van der Waals surface area contributed by atoms with Crippen molar-refractivity contribution in [2.75, 3.05) is 13.1 Å². The normalized spacial score (nSPS) is 10.3. The SMILES string of the molecule is CC(=O)NCCc1cn(CCCN)nn1. The summed E-state index contributed by atoms with van der Waals surface area (Å²) in [4.78, 5) is 10.6. The fourth-order valence-electron chi connectivity index (χ4n) is 1.18. The topological polar surface area (TPSA) is 85.8 Å². The van der Waals surface area contributed by atoms with Crippen molar-refractivity contribution in [2.45, 2.75) is 26.3 Å². The largest absolute Gasteiger partial charge is 0.356 e. The number of hydrogen-bond donors (Lipinski definition) is 2. The smallest absolute Gasteiger partial charge is 0.216 e. The second-order valence-corrected chi connectivity index (χ2v) is 3.35. The lowest BCUT2D eigenvalue weighted by Crippen LogP contribution is -2.22. The summed E-state index contributed by atoms with van der Waals surface area (Å²) in [6, 6.07) is 0. The van der Waals surface area contributed by atoms with E-state index in [0.29, 0.717) is 19.5 Å². The van der Waals surface area contributed by atoms with Crippen LogP contribution >= 0.6 is 0 Å². The van der Waals surface area contributed by atoms with Crippen LogP contribution in [0.2, 0.25) is 0 Å². The van der Waals surface area contributed by atoms with Crippen LogP contribution < -0.4 is 11.1 Å². The molecule has 6 nitrogen and oxygen atoms in total. The number of amides is 1. The van der Waals surface area contributed by atoms with Gasteiger partial charge in [0.15, 0.2) is 0 Å². The van der Waals surface area contributed by atoms with Crippen LogP contribution in [0.1, 0.15) is 19.0 Å². The quantitative estimate of drug-likeness (QED) is 0.652. The highest BCUT2D eigenvalue weighted by Crippen LogP contribution is 1.94. The first-order valence-corrected chi connectivity index (χ1v) is 5.06. The second kappa shape index (κ2) is 6.13. The van der Waals surface area contributed by atoms with Crippen LogP contribution in [-0.2, 0) is 17.8 Å². The molecule has 0 aliphatic rings. The van der Waals surface area contributed by atoms with E-state index in [1.807, 2.05) is 6.20 Å². The van der Waals surface area contributed by atoms with Gasteiger partial charge in [-0.1, -0.05) is 5.21 Å². The summed E-state index contributed by atoms with van der Waals surface area (Å²) >= 11 is 0. The summed E-state index contributed by atoms with van der Waals surface area (Å²) in [5.41, 5.74) is 6.28. The van der Waals surface area contributed by atoms with Crippen LogP contribution in [0.25, 0.3) is 0 Å². The molecular weight excluding hydrogens is 194 g/mol. The predicted octanol–water partition coefficient (Wildman–Crippen LogP) is -0.694. The Morgan fingerprint density at radius 3 is 3.13 bits per heavy atom. The van der Waals surface area contributed by atoms with E-state index in [4.69, 9.17) is 5.73 Å². The first-order valence-electron chi connectivity index (χ1n) is 5.06. The first kappa shape index (κ1) is 11.6. The van der Waals surface area contributed by atoms with Crippen LogP contribution in [0, 0.1) is 0 Å². The number of aryl methyl sites for hydroxylation is 1. The maximum absolute atomic E-state index is 10.6. The van der Waals surface area contributed by atoms with E-state index in [0.717, 1.165) is 18.7 Å². The standard InChI is InChI=1S/C9H17N5O/c1-8(15)11-5-3-9-7-14(13-12-9)6-2-4-10/h7H,2-6,10H2,1H3,(H,11,15). The van der Waals surface area contributed by atoms with E-state index >= 15 is 0 Å². The zero-order valence-electron chi connectivity index (χ0n) is 8.94. The number of nitrogens with one attached hydrogen (secondary N) is 1. The number of rotatable bonds is 6. The molecule has 0 saturated carbocycles. The minimum Gasteiger partial charge on any atom is -0.356 e. The zero-order chi connectivity index (χ0) is 11.1. The van der Waals surface area contributed by atoms with Gasteiger partial charge < -0.3 is 11.1 Å². The van der Waals surface area contributed by atoms with Crippen LogP contribution in [-0.4, -0.2) is 34.0 Å². The van der Waals surface area contributed by atoms with Crippen molar-refractivity contribution in [1.82, 2.24) is 20.3 Å². The highest BCUT2D eigenvalue weighted by atomic mass is 16.1. The van der Waals surface area contributed by atoms with E-state index in [9.17, 15) is 4.79 Å². The van der Waals surface area contributed by atoms with Crippen LogP contribution in [0.3, 0.4) is 0 Å². The van der Waals surface area contributed by atoms with Crippen molar-refractivity contribution in [3.05, 3.63) is 11.9 Å². The van der Waals surface area contributed by atoms with Gasteiger partial charge in [0.1, 0.15) is 0 Å². The lowest BCUT2D eigenvalue weighted by atomic mass is 10.3. The molecule has 84 valence electrons. The number of carbonyl (C=O) groups excluding carboxylic acids is 1. The van der Waals surface area contributed by atoms with Gasteiger partial charge in [-0.15, -0.1) is 5.10 Å². The number of nitrogens with two attached hydrogens (primary N) is 1. The minimum absolute atomic E-state index is 0.0227. The third-order valence-corrected chi connectivity index (χ3v) is 1.93. The fraction of sp³-hybridized carbons (Fsp3) is 0.667. The maximum Gasteiger partial charge on any atom is 0.216 e. The third-order valence-electron chi connectivity index (χ3n) is 1.93. The second-order valence-electron chi connectivity index (χ2n) is 3.35. The number of aromatic nitrogens is 3. The molecule has 0 unspecified atom stereocenters. The molecule has 1 rings (SSSR count). The molecule has 1 aromatic heterocycles. The average Bonchev–Trinajstić information content (AvgIpc) is 2.62. The lowest BCUT2D eigenvalue weighted by molar-refractivity contribution is -0.118. The monoisotopic (exact) mass is 211 g/mol. The van der Waals surface area contributed by atoms with Crippen molar-refractivity contribution in [3.63, 3.8) is 0 Å². The number of carbonyl (C=O) groups is 1. The zero-order valence-corrected chi connectivity index (χ0v) is 8.94. The molecule has 0 radical (unpaired) electrons. The molecule has 0 fully saturated rings. The molecule has 0 aliphatic heterocycles. The molecule has 1 heterocycles. The molecule has 0 saturated heterocycles. The maximum atomic E-state index is 10.6. The first-order chi connectivity index (χ1) is 7.22. The van der Waals surface area contributed by atoms with Crippen molar-refractivity contribution in [2.24, 2.45) is 5.73 Å². The van der Waals surface area contributed by atoms with Gasteiger partial charge in [0.2, 0.25) is 5.91 Å². The summed E-state index contributed by atoms with van der Waals surface area (Å²) in [5.74, 6) is -0.0227. The third kappa shape index (κ3) is 4.55. The van der Waals surface area contributed by atoms with Gasteiger partial charge in [0, 0.05) is 32.6 Å². The van der Waals surface area contributed by atoms with Crippen molar-refractivity contribution >= 4 is 5.91 Å². The Morgan fingerprint density at radius 2 is 2.47 bits per heavy atom. The van der Waals surface area contributed by atoms with E-state index in [1.54, 1.807) is 4.68 Å². The Balaban J connectivity index is 2.29. The highest BCUT2D eigenvalue weighted by Gasteiger charge is 2.00. The van der Waals surface area contributed by atoms with Crippen LogP contribution in [0.4, 0.5) is 0 Å². The van der Waals surface area contributed by atoms with Gasteiger partial charge in [-0.25, -0.2) is 0 Å². The van der Waals surface area contributed by atoms with Crippen LogP contribution in [0.15, 0.2) is 6.20 Å². The Hall–Kier alpha value is -1.43. The molecular formula is C9H17N5O. The highest BCUT2D eigenvalue weighted by molar-refractivity contribution is 5.72. The molecule has 6 heteroatoms. The number of hydrogen-bond acceptors (Lipinski definition) is 4. The average molecular weight is 211 g/mol. The van der Waals surface area contributed by atoms with Gasteiger partial charge in [-0.3, -0.25) is 9.48 Å². The Morgan fingerprint density at radius 1 is 1.67 bits per heavy atom. The molecule has 1 amide bonds. The summed E-state index contributed by atoms with van der Waals surface area (Å²) in [5, 5.41) is 10.6. The predicted molar refractivity (Wildman–Crippen MR) is 56.1 cm³/mol. The van der Waals surface area contributed by atoms with Gasteiger partial charge in [0.25, 0.3) is 0 Å². The van der Waals surface area contributed by atoms with E-state index in [-0.39, 0.29) is 5.91 Å².